The minimum Gasteiger partial charge on any atom is -0.493 e. The van der Waals surface area contributed by atoms with Gasteiger partial charge in [0.2, 0.25) is 5.82 Å². The Balaban J connectivity index is 3.12. The summed E-state index contributed by atoms with van der Waals surface area (Å²) in [5.74, 6) is -6.01. The van der Waals surface area contributed by atoms with Crippen molar-refractivity contribution in [2.24, 2.45) is 0 Å². The van der Waals surface area contributed by atoms with Crippen LogP contribution >= 0.6 is 0 Å². The van der Waals surface area contributed by atoms with E-state index in [0.29, 0.717) is 0 Å². The normalized spacial score (nSPS) is 10.2. The molecule has 0 aliphatic rings. The van der Waals surface area contributed by atoms with Crippen molar-refractivity contribution in [3.63, 3.8) is 0 Å². The molecule has 1 aromatic rings. The smallest absolute Gasteiger partial charge is 0.303 e. The Bertz CT molecular complexity index is 418. The van der Waals surface area contributed by atoms with Crippen LogP contribution in [0.3, 0.4) is 0 Å². The molecule has 88 valence electrons. The van der Waals surface area contributed by atoms with Gasteiger partial charge in [-0.2, -0.15) is 4.39 Å². The highest BCUT2D eigenvalue weighted by Crippen LogP contribution is 2.27. The summed E-state index contributed by atoms with van der Waals surface area (Å²) in [7, 11) is 1.10. The van der Waals surface area contributed by atoms with Crippen LogP contribution in [-0.4, -0.2) is 18.2 Å². The molecule has 1 aromatic carbocycles. The lowest BCUT2D eigenvalue weighted by Gasteiger charge is -2.09. The molecular weight excluding hydrogens is 225 g/mol. The SMILES string of the molecule is COc1c(CCC(=O)O)cc(F)c(F)c1F. The Morgan fingerprint density at radius 1 is 1.38 bits per heavy atom. The van der Waals surface area contributed by atoms with Crippen molar-refractivity contribution in [1.29, 1.82) is 0 Å². The highest BCUT2D eigenvalue weighted by atomic mass is 19.2. The predicted octanol–water partition coefficient (Wildman–Crippen LogP) is 2.13. The van der Waals surface area contributed by atoms with E-state index in [0.717, 1.165) is 13.2 Å². The number of aliphatic carboxylic acids is 1. The molecule has 0 aliphatic carbocycles. The lowest BCUT2D eigenvalue weighted by molar-refractivity contribution is -0.136. The Kier molecular flexibility index (Phi) is 3.76. The molecule has 6 heteroatoms. The van der Waals surface area contributed by atoms with Crippen LogP contribution in [-0.2, 0) is 11.2 Å². The van der Waals surface area contributed by atoms with E-state index in [2.05, 4.69) is 4.74 Å². The highest BCUT2D eigenvalue weighted by molar-refractivity contribution is 5.67. The Labute approximate surface area is 89.5 Å². The molecule has 0 bridgehead atoms. The van der Waals surface area contributed by atoms with Gasteiger partial charge in [0.05, 0.1) is 7.11 Å². The molecule has 0 fully saturated rings. The van der Waals surface area contributed by atoms with Gasteiger partial charge in [-0.05, 0) is 12.5 Å². The summed E-state index contributed by atoms with van der Waals surface area (Å²) in [6, 6.07) is 0.736. The molecule has 0 unspecified atom stereocenters. The van der Waals surface area contributed by atoms with E-state index in [-0.39, 0.29) is 18.4 Å². The fourth-order valence-electron chi connectivity index (χ4n) is 1.28. The van der Waals surface area contributed by atoms with Crippen molar-refractivity contribution < 1.29 is 27.8 Å². The number of ether oxygens (including phenoxy) is 1. The molecule has 0 heterocycles. The largest absolute Gasteiger partial charge is 0.493 e. The third kappa shape index (κ3) is 2.44. The fraction of sp³-hybridized carbons (Fsp3) is 0.300. The van der Waals surface area contributed by atoms with Gasteiger partial charge in [-0.25, -0.2) is 8.78 Å². The van der Waals surface area contributed by atoms with Crippen molar-refractivity contribution in [2.75, 3.05) is 7.11 Å². The molecule has 0 radical (unpaired) electrons. The van der Waals surface area contributed by atoms with Gasteiger partial charge < -0.3 is 9.84 Å². The van der Waals surface area contributed by atoms with Crippen LogP contribution in [0.15, 0.2) is 6.07 Å². The maximum atomic E-state index is 13.2. The molecule has 16 heavy (non-hydrogen) atoms. The van der Waals surface area contributed by atoms with Gasteiger partial charge in [-0.15, -0.1) is 0 Å². The number of rotatable bonds is 4. The first-order chi connectivity index (χ1) is 7.47. The number of halogens is 3. The van der Waals surface area contributed by atoms with Crippen molar-refractivity contribution in [1.82, 2.24) is 0 Å². The van der Waals surface area contributed by atoms with E-state index < -0.39 is 29.2 Å². The number of hydrogen-bond acceptors (Lipinski definition) is 2. The van der Waals surface area contributed by atoms with Crippen LogP contribution in [0.2, 0.25) is 0 Å². The van der Waals surface area contributed by atoms with Crippen LogP contribution in [0.25, 0.3) is 0 Å². The van der Waals surface area contributed by atoms with Crippen molar-refractivity contribution in [2.45, 2.75) is 12.8 Å². The number of methoxy groups -OCH3 is 1. The lowest BCUT2D eigenvalue weighted by Crippen LogP contribution is -2.04. The number of benzene rings is 1. The first kappa shape index (κ1) is 12.4. The zero-order valence-electron chi connectivity index (χ0n) is 8.39. The number of carbonyl (C=O) groups is 1. The third-order valence-electron chi connectivity index (χ3n) is 2.01. The summed E-state index contributed by atoms with van der Waals surface area (Å²) >= 11 is 0. The van der Waals surface area contributed by atoms with Gasteiger partial charge in [0.1, 0.15) is 0 Å². The monoisotopic (exact) mass is 234 g/mol. The Morgan fingerprint density at radius 2 is 2.00 bits per heavy atom. The highest BCUT2D eigenvalue weighted by Gasteiger charge is 2.19. The molecule has 3 nitrogen and oxygen atoms in total. The van der Waals surface area contributed by atoms with Gasteiger partial charge in [0.15, 0.2) is 17.4 Å². The standard InChI is InChI=1S/C10H9F3O3/c1-16-10-5(2-3-7(14)15)4-6(11)8(12)9(10)13/h4H,2-3H2,1H3,(H,14,15). The molecule has 0 atom stereocenters. The summed E-state index contributed by atoms with van der Waals surface area (Å²) in [6.45, 7) is 0. The zero-order valence-corrected chi connectivity index (χ0v) is 8.39. The fourth-order valence-corrected chi connectivity index (χ4v) is 1.28. The molecule has 0 saturated carbocycles. The summed E-state index contributed by atoms with van der Waals surface area (Å²) in [6.07, 6.45) is -0.451. The minimum absolute atomic E-state index is 0.0127. The van der Waals surface area contributed by atoms with Crippen LogP contribution < -0.4 is 4.74 Å². The van der Waals surface area contributed by atoms with E-state index in [1.54, 1.807) is 0 Å². The average Bonchev–Trinajstić information content (AvgIpc) is 2.23. The summed E-state index contributed by atoms with van der Waals surface area (Å²) in [4.78, 5) is 10.3. The molecule has 0 amide bonds. The molecule has 1 N–H and O–H groups in total. The van der Waals surface area contributed by atoms with Gasteiger partial charge in [-0.1, -0.05) is 0 Å². The second-order valence-electron chi connectivity index (χ2n) is 3.07. The van der Waals surface area contributed by atoms with Crippen molar-refractivity contribution >= 4 is 5.97 Å². The number of carboxylic acid groups (broad SMARTS) is 1. The first-order valence-corrected chi connectivity index (χ1v) is 4.39. The van der Waals surface area contributed by atoms with Crippen molar-refractivity contribution in [3.05, 3.63) is 29.1 Å². The molecular formula is C10H9F3O3. The Morgan fingerprint density at radius 3 is 2.50 bits per heavy atom. The Hall–Kier alpha value is -1.72. The van der Waals surface area contributed by atoms with Gasteiger partial charge >= 0.3 is 5.97 Å². The van der Waals surface area contributed by atoms with Crippen LogP contribution in [0.4, 0.5) is 13.2 Å². The summed E-state index contributed by atoms with van der Waals surface area (Å²) in [5, 5.41) is 8.43. The second-order valence-corrected chi connectivity index (χ2v) is 3.07. The molecule has 1 rings (SSSR count). The van der Waals surface area contributed by atoms with Gasteiger partial charge in [0.25, 0.3) is 0 Å². The van der Waals surface area contributed by atoms with E-state index in [4.69, 9.17) is 5.11 Å². The molecule has 0 aromatic heterocycles. The first-order valence-electron chi connectivity index (χ1n) is 4.39. The number of hydrogen-bond donors (Lipinski definition) is 1. The van der Waals surface area contributed by atoms with Crippen LogP contribution in [0.1, 0.15) is 12.0 Å². The van der Waals surface area contributed by atoms with E-state index in [1.807, 2.05) is 0 Å². The second kappa shape index (κ2) is 4.87. The quantitative estimate of drug-likeness (QED) is 0.812. The minimum atomic E-state index is -1.63. The maximum Gasteiger partial charge on any atom is 0.303 e. The summed E-state index contributed by atoms with van der Waals surface area (Å²) < 4.78 is 43.4. The molecule has 0 spiro atoms. The van der Waals surface area contributed by atoms with E-state index in [9.17, 15) is 18.0 Å². The van der Waals surface area contributed by atoms with Crippen LogP contribution in [0.5, 0.6) is 5.75 Å². The topological polar surface area (TPSA) is 46.5 Å². The molecule has 0 saturated heterocycles. The number of aryl methyl sites for hydroxylation is 1. The van der Waals surface area contributed by atoms with Gasteiger partial charge in [0, 0.05) is 12.0 Å². The molecule has 0 aliphatic heterocycles. The van der Waals surface area contributed by atoms with Gasteiger partial charge in [-0.3, -0.25) is 4.79 Å². The number of carboxylic acids is 1. The van der Waals surface area contributed by atoms with E-state index in [1.165, 1.54) is 0 Å². The predicted molar refractivity (Wildman–Crippen MR) is 48.8 cm³/mol. The third-order valence-corrected chi connectivity index (χ3v) is 2.01. The van der Waals surface area contributed by atoms with Crippen molar-refractivity contribution in [3.8, 4) is 5.75 Å². The lowest BCUT2D eigenvalue weighted by atomic mass is 10.1. The zero-order chi connectivity index (χ0) is 12.3. The maximum absolute atomic E-state index is 13.2. The average molecular weight is 234 g/mol. The van der Waals surface area contributed by atoms with E-state index >= 15 is 0 Å². The summed E-state index contributed by atoms with van der Waals surface area (Å²) in [5.41, 5.74) is -0.0127. The van der Waals surface area contributed by atoms with Crippen LogP contribution in [0, 0.1) is 17.5 Å².